The van der Waals surface area contributed by atoms with Crippen LogP contribution in [0.4, 0.5) is 0 Å². The summed E-state index contributed by atoms with van der Waals surface area (Å²) in [5.41, 5.74) is -0.0534. The molecule has 0 aromatic rings. The molecule has 5 heteroatoms. The molecule has 0 aromatic carbocycles. The Labute approximate surface area is 91.1 Å². The van der Waals surface area contributed by atoms with Crippen LogP contribution in [0, 0.1) is 0 Å². The number of epoxide rings is 1. The van der Waals surface area contributed by atoms with Gasteiger partial charge in [-0.1, -0.05) is 5.23 Å². The fourth-order valence-corrected chi connectivity index (χ4v) is 1.35. The molecule has 2 unspecified atom stereocenters. The van der Waals surface area contributed by atoms with Crippen molar-refractivity contribution in [1.29, 1.82) is 0 Å². The summed E-state index contributed by atoms with van der Waals surface area (Å²) in [6.07, 6.45) is 1.19. The highest BCUT2D eigenvalue weighted by molar-refractivity contribution is 4.95. The number of hydroxylamine groups is 2. The molecule has 0 radical (unpaired) electrons. The van der Waals surface area contributed by atoms with Crippen LogP contribution in [-0.4, -0.2) is 50.9 Å². The maximum absolute atomic E-state index is 5.51. The van der Waals surface area contributed by atoms with Crippen molar-refractivity contribution in [2.24, 2.45) is 0 Å². The first-order valence-corrected chi connectivity index (χ1v) is 5.23. The molecule has 2 atom stereocenters. The zero-order valence-electron chi connectivity index (χ0n) is 9.99. The van der Waals surface area contributed by atoms with Crippen LogP contribution < -0.4 is 0 Å². The zero-order chi connectivity index (χ0) is 11.3. The van der Waals surface area contributed by atoms with Gasteiger partial charge in [0.2, 0.25) is 0 Å². The van der Waals surface area contributed by atoms with Gasteiger partial charge in [0, 0.05) is 6.61 Å². The topological polar surface area (TPSA) is 43.5 Å². The molecule has 1 aliphatic rings. The Morgan fingerprint density at radius 3 is 2.40 bits per heavy atom. The van der Waals surface area contributed by atoms with Crippen LogP contribution in [0.1, 0.15) is 20.3 Å². The second-order valence-electron chi connectivity index (χ2n) is 3.90. The molecule has 90 valence electrons. The normalized spacial score (nSPS) is 29.8. The monoisotopic (exact) mass is 219 g/mol. The number of nitrogens with zero attached hydrogens (tertiary/aromatic N) is 1. The Balaban J connectivity index is 1.93. The minimum atomic E-state index is -0.0534. The minimum absolute atomic E-state index is 0.0534. The largest absolute Gasteiger partial charge is 0.378 e. The van der Waals surface area contributed by atoms with Gasteiger partial charge in [-0.05, 0) is 20.3 Å². The first kappa shape index (κ1) is 12.9. The summed E-state index contributed by atoms with van der Waals surface area (Å²) in [5, 5.41) is 1.42. The molecule has 0 bridgehead atoms. The Hall–Kier alpha value is -0.200. The SMILES string of the molecule is CON(CCCOCC1(C)OC1C)OC. The van der Waals surface area contributed by atoms with Gasteiger partial charge in [-0.3, -0.25) is 9.68 Å². The lowest BCUT2D eigenvalue weighted by atomic mass is 10.1. The van der Waals surface area contributed by atoms with Crippen LogP contribution in [0.3, 0.4) is 0 Å². The third-order valence-electron chi connectivity index (χ3n) is 2.67. The Morgan fingerprint density at radius 2 is 1.93 bits per heavy atom. The molecule has 1 rings (SSSR count). The maximum Gasteiger partial charge on any atom is 0.115 e. The van der Waals surface area contributed by atoms with E-state index in [1.807, 2.05) is 0 Å². The van der Waals surface area contributed by atoms with Crippen molar-refractivity contribution in [2.75, 3.05) is 34.0 Å². The lowest BCUT2D eigenvalue weighted by molar-refractivity contribution is -0.343. The van der Waals surface area contributed by atoms with Crippen molar-refractivity contribution in [3.8, 4) is 0 Å². The molecule has 1 aliphatic heterocycles. The number of hydrogen-bond acceptors (Lipinski definition) is 5. The van der Waals surface area contributed by atoms with Gasteiger partial charge < -0.3 is 9.47 Å². The first-order valence-electron chi connectivity index (χ1n) is 5.23. The van der Waals surface area contributed by atoms with E-state index in [9.17, 15) is 0 Å². The van der Waals surface area contributed by atoms with Crippen LogP contribution in [0.5, 0.6) is 0 Å². The Bertz CT molecular complexity index is 186. The summed E-state index contributed by atoms with van der Waals surface area (Å²) in [6.45, 7) is 6.17. The van der Waals surface area contributed by atoms with E-state index in [0.29, 0.717) is 25.9 Å². The average molecular weight is 219 g/mol. The van der Waals surface area contributed by atoms with Gasteiger partial charge in [0.25, 0.3) is 0 Å². The summed E-state index contributed by atoms with van der Waals surface area (Å²) in [5.74, 6) is 0. The molecule has 1 saturated heterocycles. The third-order valence-corrected chi connectivity index (χ3v) is 2.67. The third kappa shape index (κ3) is 4.04. The molecular weight excluding hydrogens is 198 g/mol. The molecule has 0 saturated carbocycles. The summed E-state index contributed by atoms with van der Waals surface area (Å²) >= 11 is 0. The summed E-state index contributed by atoms with van der Waals surface area (Å²) in [6, 6.07) is 0. The van der Waals surface area contributed by atoms with E-state index >= 15 is 0 Å². The molecule has 15 heavy (non-hydrogen) atoms. The van der Waals surface area contributed by atoms with E-state index in [1.54, 1.807) is 14.2 Å². The molecule has 0 spiro atoms. The fourth-order valence-electron chi connectivity index (χ4n) is 1.35. The lowest BCUT2D eigenvalue weighted by Crippen LogP contribution is -2.24. The number of ether oxygens (including phenoxy) is 2. The highest BCUT2D eigenvalue weighted by atomic mass is 16.9. The quantitative estimate of drug-likeness (QED) is 0.346. The van der Waals surface area contributed by atoms with E-state index < -0.39 is 0 Å². The zero-order valence-corrected chi connectivity index (χ0v) is 9.99. The van der Waals surface area contributed by atoms with Crippen LogP contribution in [0.2, 0.25) is 0 Å². The van der Waals surface area contributed by atoms with E-state index in [4.69, 9.17) is 19.1 Å². The molecule has 1 heterocycles. The molecule has 0 aromatic heterocycles. The fraction of sp³-hybridized carbons (Fsp3) is 1.00. The van der Waals surface area contributed by atoms with Gasteiger partial charge in [-0.25, -0.2) is 0 Å². The number of hydrogen-bond donors (Lipinski definition) is 0. The van der Waals surface area contributed by atoms with Crippen LogP contribution in [0.15, 0.2) is 0 Å². The molecule has 5 nitrogen and oxygen atoms in total. The minimum Gasteiger partial charge on any atom is -0.378 e. The van der Waals surface area contributed by atoms with Gasteiger partial charge >= 0.3 is 0 Å². The van der Waals surface area contributed by atoms with Crippen molar-refractivity contribution in [3.63, 3.8) is 0 Å². The average Bonchev–Trinajstić information content (AvgIpc) is 2.81. The van der Waals surface area contributed by atoms with Crippen molar-refractivity contribution in [3.05, 3.63) is 0 Å². The molecule has 0 aliphatic carbocycles. The van der Waals surface area contributed by atoms with Crippen molar-refractivity contribution >= 4 is 0 Å². The second-order valence-corrected chi connectivity index (χ2v) is 3.90. The predicted octanol–water partition coefficient (Wildman–Crippen LogP) is 0.995. The standard InChI is InChI=1S/C10H21NO4/c1-9-10(2,15-9)8-14-7-5-6-11(12-3)13-4/h9H,5-8H2,1-4H3. The summed E-state index contributed by atoms with van der Waals surface area (Å²) in [7, 11) is 3.15. The molecule has 0 amide bonds. The second kappa shape index (κ2) is 5.77. The maximum atomic E-state index is 5.51. The highest BCUT2D eigenvalue weighted by Gasteiger charge is 2.48. The van der Waals surface area contributed by atoms with E-state index in [0.717, 1.165) is 6.42 Å². The first-order chi connectivity index (χ1) is 7.12. The Morgan fingerprint density at radius 1 is 1.33 bits per heavy atom. The van der Waals surface area contributed by atoms with Crippen molar-refractivity contribution in [2.45, 2.75) is 32.0 Å². The van der Waals surface area contributed by atoms with Crippen molar-refractivity contribution in [1.82, 2.24) is 5.23 Å². The highest BCUT2D eigenvalue weighted by Crippen LogP contribution is 2.35. The molecule has 1 fully saturated rings. The van der Waals surface area contributed by atoms with Crippen molar-refractivity contribution < 1.29 is 19.1 Å². The van der Waals surface area contributed by atoms with Crippen LogP contribution in [-0.2, 0) is 19.1 Å². The lowest BCUT2D eigenvalue weighted by Gasteiger charge is -2.15. The van der Waals surface area contributed by atoms with Crippen LogP contribution >= 0.6 is 0 Å². The van der Waals surface area contributed by atoms with E-state index in [1.165, 1.54) is 5.23 Å². The summed E-state index contributed by atoms with van der Waals surface area (Å²) in [4.78, 5) is 9.81. The van der Waals surface area contributed by atoms with Gasteiger partial charge in [-0.15, -0.1) is 0 Å². The van der Waals surface area contributed by atoms with Gasteiger partial charge in [0.15, 0.2) is 0 Å². The smallest absolute Gasteiger partial charge is 0.115 e. The van der Waals surface area contributed by atoms with Crippen LogP contribution in [0.25, 0.3) is 0 Å². The van der Waals surface area contributed by atoms with E-state index in [2.05, 4.69) is 13.8 Å². The molecule has 0 N–H and O–H groups in total. The number of rotatable bonds is 8. The van der Waals surface area contributed by atoms with Gasteiger partial charge in [0.1, 0.15) is 5.60 Å². The summed E-state index contributed by atoms with van der Waals surface area (Å²) < 4.78 is 10.9. The molecular formula is C10H21NO4. The van der Waals surface area contributed by atoms with Gasteiger partial charge in [0.05, 0.1) is 33.5 Å². The Kier molecular flexibility index (Phi) is 4.95. The van der Waals surface area contributed by atoms with E-state index in [-0.39, 0.29) is 5.60 Å². The van der Waals surface area contributed by atoms with Gasteiger partial charge in [-0.2, -0.15) is 0 Å². The predicted molar refractivity (Wildman–Crippen MR) is 55.1 cm³/mol.